The van der Waals surface area contributed by atoms with Crippen molar-refractivity contribution >= 4 is 0 Å². The molecule has 1 heteroatoms. The van der Waals surface area contributed by atoms with Crippen LogP contribution in [0.2, 0.25) is 0 Å². The molecule has 0 fully saturated rings. The Bertz CT molecular complexity index is 259. The van der Waals surface area contributed by atoms with Crippen LogP contribution in [-0.2, 0) is 0 Å². The van der Waals surface area contributed by atoms with Gasteiger partial charge in [-0.25, -0.2) is 0 Å². The molecule has 0 amide bonds. The first-order chi connectivity index (χ1) is 8.14. The van der Waals surface area contributed by atoms with Gasteiger partial charge in [0.25, 0.3) is 0 Å². The second kappa shape index (κ2) is 6.16. The smallest absolute Gasteiger partial charge is 0.0578 e. The van der Waals surface area contributed by atoms with Crippen LogP contribution in [0.4, 0.5) is 0 Å². The van der Waals surface area contributed by atoms with Crippen molar-refractivity contribution in [1.82, 2.24) is 0 Å². The van der Waals surface area contributed by atoms with Gasteiger partial charge >= 0.3 is 0 Å². The molecule has 0 aromatic rings. The summed E-state index contributed by atoms with van der Waals surface area (Å²) in [4.78, 5) is 0. The van der Waals surface area contributed by atoms with Crippen LogP contribution in [0, 0.1) is 28.1 Å². The molecule has 0 aromatic heterocycles. The van der Waals surface area contributed by atoms with Gasteiger partial charge in [-0.15, -0.1) is 0 Å². The fourth-order valence-corrected chi connectivity index (χ4v) is 2.59. The van der Waals surface area contributed by atoms with Gasteiger partial charge in [-0.3, -0.25) is 0 Å². The second-order valence-corrected chi connectivity index (χ2v) is 9.81. The highest BCUT2D eigenvalue weighted by Gasteiger charge is 2.36. The van der Waals surface area contributed by atoms with Gasteiger partial charge in [-0.2, -0.15) is 0 Å². The summed E-state index contributed by atoms with van der Waals surface area (Å²) in [6.45, 7) is 22.6. The molecule has 116 valence electrons. The predicted molar refractivity (Wildman–Crippen MR) is 86.3 cm³/mol. The molecule has 0 saturated carbocycles. The molecule has 0 bridgehead atoms. The number of hydrogen-bond acceptors (Lipinski definition) is 1. The molecular weight excluding hydrogens is 232 g/mol. The Labute approximate surface area is 122 Å². The zero-order chi connectivity index (χ0) is 15.6. The largest absolute Gasteiger partial charge is 0.393 e. The molecule has 0 rings (SSSR count). The van der Waals surface area contributed by atoms with Gasteiger partial charge in [0.15, 0.2) is 0 Å². The number of hydrogen-bond donors (Lipinski definition) is 1. The standard InChI is InChI=1S/C18H38O/c1-13(17(5,6)7)11-14(18(8,9)10)15(19)12-16(2,3)4/h13-15,19H,11-12H2,1-10H3. The highest BCUT2D eigenvalue weighted by atomic mass is 16.3. The van der Waals surface area contributed by atoms with E-state index in [-0.39, 0.29) is 16.9 Å². The Morgan fingerprint density at radius 2 is 1.21 bits per heavy atom. The average Bonchev–Trinajstić information content (AvgIpc) is 2.06. The summed E-state index contributed by atoms with van der Waals surface area (Å²) >= 11 is 0. The average molecular weight is 271 g/mol. The quantitative estimate of drug-likeness (QED) is 0.713. The van der Waals surface area contributed by atoms with Crippen LogP contribution in [0.25, 0.3) is 0 Å². The van der Waals surface area contributed by atoms with Crippen molar-refractivity contribution in [2.75, 3.05) is 0 Å². The van der Waals surface area contributed by atoms with Crippen molar-refractivity contribution in [3.8, 4) is 0 Å². The van der Waals surface area contributed by atoms with Gasteiger partial charge in [0.05, 0.1) is 6.10 Å². The van der Waals surface area contributed by atoms with Crippen LogP contribution in [0.5, 0.6) is 0 Å². The Balaban J connectivity index is 4.94. The molecule has 3 atom stereocenters. The van der Waals surface area contributed by atoms with E-state index in [0.717, 1.165) is 12.8 Å². The number of aliphatic hydroxyl groups excluding tert-OH is 1. The molecule has 0 aromatic carbocycles. The zero-order valence-electron chi connectivity index (χ0n) is 15.1. The molecule has 0 radical (unpaired) electrons. The molecule has 0 aliphatic carbocycles. The first-order valence-corrected chi connectivity index (χ1v) is 7.82. The van der Waals surface area contributed by atoms with Gasteiger partial charge < -0.3 is 5.11 Å². The van der Waals surface area contributed by atoms with Crippen LogP contribution in [0.1, 0.15) is 82.1 Å². The third-order valence-electron chi connectivity index (χ3n) is 4.48. The van der Waals surface area contributed by atoms with Gasteiger partial charge in [-0.1, -0.05) is 69.2 Å². The summed E-state index contributed by atoms with van der Waals surface area (Å²) in [6.07, 6.45) is 1.78. The first kappa shape index (κ1) is 19.0. The maximum Gasteiger partial charge on any atom is 0.0578 e. The van der Waals surface area contributed by atoms with Crippen LogP contribution >= 0.6 is 0 Å². The molecule has 1 nitrogen and oxygen atoms in total. The Morgan fingerprint density at radius 1 is 0.789 bits per heavy atom. The SMILES string of the molecule is CC(CC(C(O)CC(C)(C)C)C(C)(C)C)C(C)(C)C. The highest BCUT2D eigenvalue weighted by molar-refractivity contribution is 4.86. The van der Waals surface area contributed by atoms with E-state index in [1.807, 2.05) is 0 Å². The van der Waals surface area contributed by atoms with Crippen molar-refractivity contribution < 1.29 is 5.11 Å². The lowest BCUT2D eigenvalue weighted by atomic mass is 9.66. The van der Waals surface area contributed by atoms with Crippen LogP contribution < -0.4 is 0 Å². The van der Waals surface area contributed by atoms with E-state index < -0.39 is 0 Å². The lowest BCUT2D eigenvalue weighted by Gasteiger charge is -2.41. The molecule has 0 aliphatic heterocycles. The van der Waals surface area contributed by atoms with Crippen LogP contribution in [-0.4, -0.2) is 11.2 Å². The van der Waals surface area contributed by atoms with Crippen molar-refractivity contribution in [1.29, 1.82) is 0 Å². The van der Waals surface area contributed by atoms with E-state index in [0.29, 0.717) is 17.3 Å². The van der Waals surface area contributed by atoms with E-state index in [2.05, 4.69) is 69.2 Å². The van der Waals surface area contributed by atoms with E-state index in [1.165, 1.54) is 0 Å². The molecule has 0 heterocycles. The van der Waals surface area contributed by atoms with Crippen LogP contribution in [0.15, 0.2) is 0 Å². The van der Waals surface area contributed by atoms with Crippen LogP contribution in [0.3, 0.4) is 0 Å². The van der Waals surface area contributed by atoms with Crippen molar-refractivity contribution in [3.63, 3.8) is 0 Å². The summed E-state index contributed by atoms with van der Waals surface area (Å²) in [5.41, 5.74) is 0.656. The Hall–Kier alpha value is -0.0400. The topological polar surface area (TPSA) is 20.2 Å². The molecule has 0 spiro atoms. The number of aliphatic hydroxyl groups is 1. The lowest BCUT2D eigenvalue weighted by Crippen LogP contribution is -2.37. The zero-order valence-corrected chi connectivity index (χ0v) is 15.1. The predicted octanol–water partition coefficient (Wildman–Crippen LogP) is 5.52. The minimum Gasteiger partial charge on any atom is -0.393 e. The Morgan fingerprint density at radius 3 is 1.47 bits per heavy atom. The highest BCUT2D eigenvalue weighted by Crippen LogP contribution is 2.41. The van der Waals surface area contributed by atoms with Gasteiger partial charge in [0.2, 0.25) is 0 Å². The van der Waals surface area contributed by atoms with E-state index in [1.54, 1.807) is 0 Å². The monoisotopic (exact) mass is 270 g/mol. The molecule has 1 N–H and O–H groups in total. The van der Waals surface area contributed by atoms with Crippen molar-refractivity contribution in [3.05, 3.63) is 0 Å². The van der Waals surface area contributed by atoms with E-state index >= 15 is 0 Å². The van der Waals surface area contributed by atoms with E-state index in [9.17, 15) is 5.11 Å². The van der Waals surface area contributed by atoms with Gasteiger partial charge in [0, 0.05) is 0 Å². The fraction of sp³-hybridized carbons (Fsp3) is 1.00. The Kier molecular flexibility index (Phi) is 6.15. The molecule has 19 heavy (non-hydrogen) atoms. The molecule has 0 saturated heterocycles. The minimum absolute atomic E-state index is 0.157. The van der Waals surface area contributed by atoms with Crippen molar-refractivity contribution in [2.45, 2.75) is 88.2 Å². The third-order valence-corrected chi connectivity index (χ3v) is 4.48. The van der Waals surface area contributed by atoms with E-state index in [4.69, 9.17) is 0 Å². The summed E-state index contributed by atoms with van der Waals surface area (Å²) in [5.74, 6) is 0.979. The summed E-state index contributed by atoms with van der Waals surface area (Å²) in [6, 6.07) is 0. The van der Waals surface area contributed by atoms with Crippen molar-refractivity contribution in [2.24, 2.45) is 28.1 Å². The first-order valence-electron chi connectivity index (χ1n) is 7.82. The van der Waals surface area contributed by atoms with Gasteiger partial charge in [0.1, 0.15) is 0 Å². The maximum atomic E-state index is 10.7. The molecule has 3 unspecified atom stereocenters. The lowest BCUT2D eigenvalue weighted by molar-refractivity contribution is -0.00619. The molecular formula is C18H38O. The number of rotatable bonds is 4. The van der Waals surface area contributed by atoms with Gasteiger partial charge in [-0.05, 0) is 40.9 Å². The summed E-state index contributed by atoms with van der Waals surface area (Å²) in [5, 5.41) is 10.7. The maximum absolute atomic E-state index is 10.7. The minimum atomic E-state index is -0.204. The summed E-state index contributed by atoms with van der Waals surface area (Å²) in [7, 11) is 0. The molecule has 0 aliphatic rings. The normalized spacial score (nSPS) is 19.1. The fourth-order valence-electron chi connectivity index (χ4n) is 2.59. The summed E-state index contributed by atoms with van der Waals surface area (Å²) < 4.78 is 0. The third kappa shape index (κ3) is 7.34. The second-order valence-electron chi connectivity index (χ2n) is 9.81.